The number of alkyl halides is 6. The second-order valence-corrected chi connectivity index (χ2v) is 20.4. The Hall–Kier alpha value is -5.86. The van der Waals surface area contributed by atoms with Crippen LogP contribution in [0.25, 0.3) is 0 Å². The number of carbonyl (C=O) groups excluding carboxylic acids is 3. The van der Waals surface area contributed by atoms with Crippen molar-refractivity contribution < 1.29 is 91.1 Å². The summed E-state index contributed by atoms with van der Waals surface area (Å²) in [5, 5.41) is 9.49. The minimum atomic E-state index is -4.94. The SMILES string of the molecule is CC(C)(C)OC(=O)N1CCN(S(=O)(=O)c2ccc(OC(F)(F)F)cc2)[C@@H](C(=O)O)C1.CC(C)(C)OC(=O)N1CCN(S(=O)(=O)c2ccc(OC(F)(F)F)cc2)[C@@H](C(=O)OCc2ccccc2)C1. The number of amides is 2. The molecule has 3 aromatic carbocycles. The molecule has 2 heterocycles. The summed E-state index contributed by atoms with van der Waals surface area (Å²) < 4.78 is 152. The first-order valence-corrected chi connectivity index (χ1v) is 22.8. The highest BCUT2D eigenvalue weighted by Crippen LogP contribution is 2.30. The molecule has 0 aliphatic carbocycles. The molecule has 2 aliphatic heterocycles. The lowest BCUT2D eigenvalue weighted by Crippen LogP contribution is -2.60. The van der Waals surface area contributed by atoms with Gasteiger partial charge in [0.25, 0.3) is 0 Å². The van der Waals surface area contributed by atoms with Crippen molar-refractivity contribution in [3.05, 3.63) is 84.4 Å². The summed E-state index contributed by atoms with van der Waals surface area (Å²) in [6, 6.07) is 12.7. The number of hydrogen-bond acceptors (Lipinski definition) is 13. The van der Waals surface area contributed by atoms with E-state index in [-0.39, 0.29) is 44.2 Å². The van der Waals surface area contributed by atoms with Gasteiger partial charge in [0.2, 0.25) is 20.0 Å². The minimum absolute atomic E-state index is 0.0775. The van der Waals surface area contributed by atoms with Gasteiger partial charge in [0.15, 0.2) is 0 Å². The molecule has 2 aliphatic rings. The molecule has 370 valence electrons. The zero-order valence-corrected chi connectivity index (χ0v) is 38.4. The molecule has 0 aromatic heterocycles. The highest BCUT2D eigenvalue weighted by molar-refractivity contribution is 7.89. The highest BCUT2D eigenvalue weighted by Gasteiger charge is 2.45. The van der Waals surface area contributed by atoms with Gasteiger partial charge in [-0.15, -0.1) is 26.3 Å². The van der Waals surface area contributed by atoms with Crippen molar-refractivity contribution in [2.45, 2.75) is 94.0 Å². The lowest BCUT2D eigenvalue weighted by molar-refractivity contribution is -0.275. The lowest BCUT2D eigenvalue weighted by atomic mass is 10.2. The maximum atomic E-state index is 13.4. The minimum Gasteiger partial charge on any atom is -0.480 e. The van der Waals surface area contributed by atoms with Gasteiger partial charge in [0.1, 0.15) is 41.4 Å². The number of piperazine rings is 2. The number of nitrogens with zero attached hydrogens (tertiary/aromatic N) is 4. The maximum Gasteiger partial charge on any atom is 0.573 e. The molecule has 18 nitrogen and oxygen atoms in total. The van der Waals surface area contributed by atoms with Crippen LogP contribution in [0.1, 0.15) is 47.1 Å². The number of carbonyl (C=O) groups is 4. The number of benzene rings is 3. The van der Waals surface area contributed by atoms with Crippen molar-refractivity contribution in [2.75, 3.05) is 39.3 Å². The van der Waals surface area contributed by atoms with Crippen molar-refractivity contribution >= 4 is 44.2 Å². The summed E-state index contributed by atoms with van der Waals surface area (Å²) in [5.41, 5.74) is -0.964. The van der Waals surface area contributed by atoms with E-state index in [0.29, 0.717) is 9.87 Å². The third-order valence-corrected chi connectivity index (χ3v) is 12.9. The molecule has 67 heavy (non-hydrogen) atoms. The molecule has 2 fully saturated rings. The first-order valence-electron chi connectivity index (χ1n) is 19.9. The first-order chi connectivity index (χ1) is 30.8. The number of hydrogen-bond donors (Lipinski definition) is 1. The molecule has 3 aromatic rings. The summed E-state index contributed by atoms with van der Waals surface area (Å²) in [6.07, 6.45) is -11.4. The Morgan fingerprint density at radius 1 is 0.582 bits per heavy atom. The van der Waals surface area contributed by atoms with Crippen LogP contribution in [0, 0.1) is 0 Å². The normalized spacial score (nSPS) is 17.9. The van der Waals surface area contributed by atoms with E-state index in [4.69, 9.17) is 14.2 Å². The van der Waals surface area contributed by atoms with Crippen LogP contribution >= 0.6 is 0 Å². The van der Waals surface area contributed by atoms with E-state index in [1.165, 1.54) is 4.90 Å². The monoisotopic (exact) mass is 998 g/mol. The van der Waals surface area contributed by atoms with Crippen molar-refractivity contribution in [3.63, 3.8) is 0 Å². The predicted octanol–water partition coefficient (Wildman–Crippen LogP) is 6.22. The number of carboxylic acids is 1. The summed E-state index contributed by atoms with van der Waals surface area (Å²) in [6.45, 7) is 8.20. The lowest BCUT2D eigenvalue weighted by Gasteiger charge is -2.39. The van der Waals surface area contributed by atoms with E-state index in [1.54, 1.807) is 71.9 Å². The fourth-order valence-corrected chi connectivity index (χ4v) is 9.33. The zero-order chi connectivity index (χ0) is 50.3. The average molecular weight is 999 g/mol. The van der Waals surface area contributed by atoms with Gasteiger partial charge in [-0.2, -0.15) is 8.61 Å². The van der Waals surface area contributed by atoms with Crippen LogP contribution in [0.5, 0.6) is 11.5 Å². The Morgan fingerprint density at radius 3 is 1.31 bits per heavy atom. The summed E-state index contributed by atoms with van der Waals surface area (Å²) >= 11 is 0. The number of esters is 1. The Balaban J connectivity index is 0.000000299. The van der Waals surface area contributed by atoms with Gasteiger partial charge >= 0.3 is 36.8 Å². The standard InChI is InChI=1S/C24H27F3N2O7S.C17H21F3N2O7S/c1-23(2,3)36-22(31)28-13-14-29(20(15-28)21(30)34-16-17-7-5-4-6-8-17)37(32,33)19-11-9-18(10-12-19)35-24(25,26)27;1-16(2,3)29-15(25)21-8-9-22(13(10-21)14(23)24)30(26,27)12-6-4-11(5-7-12)28-17(18,19)20/h4-12,20H,13-16H2,1-3H3;4-7,13H,8-10H2,1-3H3,(H,23,24)/t20-;13-/m11/s1. The van der Waals surface area contributed by atoms with E-state index >= 15 is 0 Å². The summed E-state index contributed by atoms with van der Waals surface area (Å²) in [5.74, 6) is -3.59. The number of ether oxygens (including phenoxy) is 5. The van der Waals surface area contributed by atoms with Crippen LogP contribution in [-0.2, 0) is 50.5 Å². The molecule has 2 atom stereocenters. The van der Waals surface area contributed by atoms with Crippen LogP contribution in [0.3, 0.4) is 0 Å². The molecule has 0 radical (unpaired) electrons. The second kappa shape index (κ2) is 21.0. The average Bonchev–Trinajstić information content (AvgIpc) is 3.21. The van der Waals surface area contributed by atoms with Crippen LogP contribution in [0.2, 0.25) is 0 Å². The largest absolute Gasteiger partial charge is 0.573 e. The van der Waals surface area contributed by atoms with Gasteiger partial charge in [-0.1, -0.05) is 30.3 Å². The molecule has 5 rings (SSSR count). The zero-order valence-electron chi connectivity index (χ0n) is 36.7. The number of sulfonamides is 2. The molecule has 1 N–H and O–H groups in total. The number of aliphatic carboxylic acids is 1. The van der Waals surface area contributed by atoms with Crippen molar-refractivity contribution in [1.29, 1.82) is 0 Å². The van der Waals surface area contributed by atoms with Crippen LogP contribution in [-0.4, -0.2) is 140 Å². The molecule has 0 spiro atoms. The van der Waals surface area contributed by atoms with Crippen molar-refractivity contribution in [3.8, 4) is 11.5 Å². The molecule has 26 heteroatoms. The van der Waals surface area contributed by atoms with Gasteiger partial charge in [0.05, 0.1) is 22.9 Å². The van der Waals surface area contributed by atoms with Crippen molar-refractivity contribution in [2.24, 2.45) is 0 Å². The predicted molar refractivity (Wildman–Crippen MR) is 221 cm³/mol. The quantitative estimate of drug-likeness (QED) is 0.136. The van der Waals surface area contributed by atoms with Crippen LogP contribution in [0.4, 0.5) is 35.9 Å². The van der Waals surface area contributed by atoms with Crippen LogP contribution < -0.4 is 9.47 Å². The Kier molecular flexibility index (Phi) is 16.8. The third kappa shape index (κ3) is 15.9. The van der Waals surface area contributed by atoms with Gasteiger partial charge in [-0.25, -0.2) is 26.4 Å². The van der Waals surface area contributed by atoms with Gasteiger partial charge in [-0.05, 0) is 95.6 Å². The van der Waals surface area contributed by atoms with E-state index in [1.807, 2.05) is 0 Å². The van der Waals surface area contributed by atoms with Crippen LogP contribution in [0.15, 0.2) is 88.7 Å². The molecule has 2 saturated heterocycles. The first kappa shape index (κ1) is 53.8. The number of carboxylic acid groups (broad SMARTS) is 1. The smallest absolute Gasteiger partial charge is 0.480 e. The highest BCUT2D eigenvalue weighted by atomic mass is 32.2. The second-order valence-electron chi connectivity index (χ2n) is 16.6. The Bertz CT molecular complexity index is 2430. The Labute approximate surface area is 381 Å². The molecule has 0 saturated carbocycles. The number of rotatable bonds is 10. The van der Waals surface area contributed by atoms with E-state index in [9.17, 15) is 67.5 Å². The molecule has 0 unspecified atom stereocenters. The van der Waals surface area contributed by atoms with Gasteiger partial charge < -0.3 is 38.6 Å². The van der Waals surface area contributed by atoms with Gasteiger partial charge in [0, 0.05) is 26.2 Å². The van der Waals surface area contributed by atoms with E-state index in [2.05, 4.69) is 9.47 Å². The Morgan fingerprint density at radius 2 is 0.955 bits per heavy atom. The molecular weight excluding hydrogens is 951 g/mol. The molecule has 0 bridgehead atoms. The van der Waals surface area contributed by atoms with E-state index < -0.39 is 103 Å². The van der Waals surface area contributed by atoms with Crippen molar-refractivity contribution in [1.82, 2.24) is 18.4 Å². The maximum absolute atomic E-state index is 13.4. The fraction of sp³-hybridized carbons (Fsp3) is 0.463. The van der Waals surface area contributed by atoms with Gasteiger partial charge in [-0.3, -0.25) is 9.59 Å². The number of halogens is 6. The van der Waals surface area contributed by atoms with E-state index in [0.717, 1.165) is 57.7 Å². The fourth-order valence-electron chi connectivity index (χ4n) is 6.21. The summed E-state index contributed by atoms with van der Waals surface area (Å²) in [7, 11) is -8.73. The topological polar surface area (TPSA) is 216 Å². The molecule has 2 amide bonds. The molecular formula is C41H48F6N4O14S2. The summed E-state index contributed by atoms with van der Waals surface area (Å²) in [4.78, 5) is 51.1. The third-order valence-electron chi connectivity index (χ3n) is 9.07.